The summed E-state index contributed by atoms with van der Waals surface area (Å²) in [6, 6.07) is 4.22. The molecule has 0 aliphatic heterocycles. The summed E-state index contributed by atoms with van der Waals surface area (Å²) < 4.78 is 0. The van der Waals surface area contributed by atoms with Crippen LogP contribution in [-0.2, 0) is 0 Å². The predicted octanol–water partition coefficient (Wildman–Crippen LogP) is 3.63. The van der Waals surface area contributed by atoms with Crippen LogP contribution in [0.5, 0.6) is 34.5 Å². The van der Waals surface area contributed by atoms with Crippen molar-refractivity contribution in [2.75, 3.05) is 11.5 Å². The van der Waals surface area contributed by atoms with Crippen LogP contribution in [0, 0.1) is 0 Å². The van der Waals surface area contributed by atoms with E-state index in [1.807, 2.05) is 0 Å². The second-order valence-electron chi connectivity index (χ2n) is 9.71. The fourth-order valence-corrected chi connectivity index (χ4v) is 6.65. The summed E-state index contributed by atoms with van der Waals surface area (Å²) in [5, 5.41) is 65.9. The summed E-state index contributed by atoms with van der Waals surface area (Å²) in [5.74, 6) is -3.06. The predicted molar refractivity (Wildman–Crippen MR) is 145 cm³/mol. The highest BCUT2D eigenvalue weighted by atomic mass is 16.3. The summed E-state index contributed by atoms with van der Waals surface area (Å²) in [6.07, 6.45) is 0. The van der Waals surface area contributed by atoms with Crippen molar-refractivity contribution < 1.29 is 30.6 Å². The van der Waals surface area contributed by atoms with Crippen LogP contribution in [0.2, 0.25) is 0 Å². The number of benzene rings is 8. The average Bonchev–Trinajstić information content (AvgIpc) is 2.82. The molecule has 10 heteroatoms. The summed E-state index contributed by atoms with van der Waals surface area (Å²) in [6.45, 7) is 0. The number of aromatic hydroxyl groups is 6. The topological polar surface area (TPSA) is 208 Å². The normalized spacial score (nSPS) is 12.7. The minimum absolute atomic E-state index is 0.0253. The summed E-state index contributed by atoms with van der Waals surface area (Å²) >= 11 is 0. The maximum atomic E-state index is 13.8. The molecule has 10 N–H and O–H groups in total. The Hall–Kier alpha value is -5.64. The Morgan fingerprint density at radius 1 is 0.342 bits per heavy atom. The van der Waals surface area contributed by atoms with Gasteiger partial charge in [0.15, 0.2) is 0 Å². The van der Waals surface area contributed by atoms with Crippen LogP contribution in [0.3, 0.4) is 0 Å². The van der Waals surface area contributed by atoms with Crippen molar-refractivity contribution in [3.8, 4) is 34.5 Å². The highest BCUT2D eigenvalue weighted by Gasteiger charge is 2.33. The molecule has 0 spiro atoms. The lowest BCUT2D eigenvalue weighted by Gasteiger charge is -2.24. The summed E-state index contributed by atoms with van der Waals surface area (Å²) in [5.41, 5.74) is 11.3. The molecule has 8 rings (SSSR count). The Labute approximate surface area is 208 Å². The van der Waals surface area contributed by atoms with Gasteiger partial charge in [-0.05, 0) is 0 Å². The van der Waals surface area contributed by atoms with E-state index in [1.165, 1.54) is 12.1 Å². The van der Waals surface area contributed by atoms with E-state index >= 15 is 0 Å². The van der Waals surface area contributed by atoms with Crippen molar-refractivity contribution in [1.29, 1.82) is 0 Å². The van der Waals surface area contributed by atoms with E-state index in [9.17, 15) is 40.2 Å². The molecule has 0 saturated heterocycles. The molecule has 0 unspecified atom stereocenters. The zero-order valence-corrected chi connectivity index (χ0v) is 19.0. The molecule has 0 aliphatic rings. The first-order valence-electron chi connectivity index (χ1n) is 11.4. The highest BCUT2D eigenvalue weighted by Crippen LogP contribution is 2.57. The van der Waals surface area contributed by atoms with Crippen LogP contribution in [0.25, 0.3) is 75.4 Å². The molecule has 10 nitrogen and oxygen atoms in total. The monoisotopic (exact) mass is 506 g/mol. The smallest absolute Gasteiger partial charge is 0.201 e. The molecule has 0 saturated carbocycles. The van der Waals surface area contributed by atoms with Crippen LogP contribution in [-0.4, -0.2) is 30.6 Å². The molecule has 38 heavy (non-hydrogen) atoms. The molecular formula is C28H14N2O8. The van der Waals surface area contributed by atoms with E-state index in [0.717, 1.165) is 12.1 Å². The second kappa shape index (κ2) is 5.84. The van der Waals surface area contributed by atoms with Crippen molar-refractivity contribution in [2.45, 2.75) is 0 Å². The molecule has 8 aromatic rings. The molecule has 0 atom stereocenters. The fraction of sp³-hybridized carbons (Fsp3) is 0. The molecule has 0 fully saturated rings. The third kappa shape index (κ3) is 1.87. The van der Waals surface area contributed by atoms with Gasteiger partial charge >= 0.3 is 0 Å². The Morgan fingerprint density at radius 2 is 0.579 bits per heavy atom. The standard InChI is InChI=1S/C28H14N2O8/c29-5-1-7(31)17-21-13(5)14-6(30)2-8(32)18-22(14)26-24-16(10(34)4-12(36)20(24)28(18)38)15-9(33)3-11(35)19(27(17)37)23(15)25(21)26/h1-4,31-36H,29-30H2. The van der Waals surface area contributed by atoms with Gasteiger partial charge in [-0.3, -0.25) is 9.59 Å². The Kier molecular flexibility index (Phi) is 3.16. The van der Waals surface area contributed by atoms with Gasteiger partial charge in [0, 0.05) is 89.5 Å². The van der Waals surface area contributed by atoms with Crippen molar-refractivity contribution >= 4 is 86.8 Å². The first-order chi connectivity index (χ1) is 18.0. The van der Waals surface area contributed by atoms with Crippen molar-refractivity contribution in [3.05, 3.63) is 44.7 Å². The number of phenols is 6. The van der Waals surface area contributed by atoms with E-state index < -0.39 is 45.4 Å². The number of rotatable bonds is 0. The fourth-order valence-electron chi connectivity index (χ4n) is 6.65. The quantitative estimate of drug-likeness (QED) is 0.0851. The molecule has 0 bridgehead atoms. The van der Waals surface area contributed by atoms with Gasteiger partial charge in [0.05, 0.1) is 21.5 Å². The molecule has 184 valence electrons. The maximum Gasteiger partial charge on any atom is 0.201 e. The lowest BCUT2D eigenvalue weighted by molar-refractivity contribution is 0.455. The van der Waals surface area contributed by atoms with Gasteiger partial charge in [-0.2, -0.15) is 0 Å². The van der Waals surface area contributed by atoms with Gasteiger partial charge in [0.2, 0.25) is 10.9 Å². The van der Waals surface area contributed by atoms with Gasteiger partial charge in [-0.15, -0.1) is 0 Å². The van der Waals surface area contributed by atoms with Crippen molar-refractivity contribution in [1.82, 2.24) is 0 Å². The minimum Gasteiger partial charge on any atom is -0.507 e. The number of anilines is 2. The summed E-state index contributed by atoms with van der Waals surface area (Å²) in [4.78, 5) is 27.7. The van der Waals surface area contributed by atoms with Crippen LogP contribution in [0.15, 0.2) is 33.9 Å². The van der Waals surface area contributed by atoms with E-state index in [0.29, 0.717) is 0 Å². The molecule has 8 aromatic carbocycles. The number of fused-ring (bicyclic) bond motifs is 2. The van der Waals surface area contributed by atoms with E-state index in [1.54, 1.807) is 0 Å². The zero-order valence-electron chi connectivity index (χ0n) is 19.0. The first-order valence-corrected chi connectivity index (χ1v) is 11.4. The molecule has 0 heterocycles. The lowest BCUT2D eigenvalue weighted by Crippen LogP contribution is -2.11. The van der Waals surface area contributed by atoms with Gasteiger partial charge in [0.1, 0.15) is 34.5 Å². The SMILES string of the molecule is Nc1cc(O)c2c(=O)c3c(O)cc(O)c4c5c(O)cc(O)c6c(=O)c7c(O)cc(N)c8c1c2c(c34)c(c78)c65. The number of nitrogen functional groups attached to an aromatic ring is 2. The van der Waals surface area contributed by atoms with Crippen molar-refractivity contribution in [2.24, 2.45) is 0 Å². The zero-order chi connectivity index (χ0) is 26.7. The van der Waals surface area contributed by atoms with Gasteiger partial charge < -0.3 is 42.1 Å². The molecule has 0 radical (unpaired) electrons. The third-order valence-corrected chi connectivity index (χ3v) is 7.90. The Morgan fingerprint density at radius 3 is 0.921 bits per heavy atom. The lowest BCUT2D eigenvalue weighted by atomic mass is 9.79. The highest BCUT2D eigenvalue weighted by molar-refractivity contribution is 6.52. The van der Waals surface area contributed by atoms with Gasteiger partial charge in [-0.1, -0.05) is 0 Å². The van der Waals surface area contributed by atoms with Crippen LogP contribution < -0.4 is 22.3 Å². The summed E-state index contributed by atoms with van der Waals surface area (Å²) in [7, 11) is 0. The number of nitrogens with two attached hydrogens (primary N) is 2. The first kappa shape index (κ1) is 20.5. The number of phenolic OH excluding ortho intramolecular Hbond substituents is 6. The van der Waals surface area contributed by atoms with Crippen molar-refractivity contribution in [3.63, 3.8) is 0 Å². The molecular weight excluding hydrogens is 492 g/mol. The maximum absolute atomic E-state index is 13.8. The molecule has 0 aliphatic carbocycles. The minimum atomic E-state index is -0.758. The van der Waals surface area contributed by atoms with Crippen LogP contribution in [0.4, 0.5) is 11.4 Å². The largest absolute Gasteiger partial charge is 0.507 e. The average molecular weight is 506 g/mol. The third-order valence-electron chi connectivity index (χ3n) is 7.90. The van der Waals surface area contributed by atoms with E-state index in [2.05, 4.69) is 0 Å². The second-order valence-corrected chi connectivity index (χ2v) is 9.71. The molecule has 0 amide bonds. The Bertz CT molecular complexity index is 2180. The van der Waals surface area contributed by atoms with Crippen LogP contribution in [0.1, 0.15) is 0 Å². The molecule has 0 aromatic heterocycles. The van der Waals surface area contributed by atoms with E-state index in [-0.39, 0.29) is 86.8 Å². The Balaban J connectivity index is 2.04. The van der Waals surface area contributed by atoms with Gasteiger partial charge in [-0.25, -0.2) is 0 Å². The van der Waals surface area contributed by atoms with Gasteiger partial charge in [0.25, 0.3) is 0 Å². The number of hydrogen-bond donors (Lipinski definition) is 8. The number of hydrogen-bond acceptors (Lipinski definition) is 10. The van der Waals surface area contributed by atoms with Crippen LogP contribution >= 0.6 is 0 Å². The van der Waals surface area contributed by atoms with E-state index in [4.69, 9.17) is 11.5 Å².